The number of fused-ring (bicyclic) bond motifs is 1. The van der Waals surface area contributed by atoms with Gasteiger partial charge < -0.3 is 4.42 Å². The third-order valence-corrected chi connectivity index (χ3v) is 5.78. The molecule has 5 aromatic rings. The molecule has 0 amide bonds. The van der Waals surface area contributed by atoms with Crippen molar-refractivity contribution in [3.8, 4) is 17.1 Å². The number of nitrogens with zero attached hydrogens (tertiary/aromatic N) is 4. The predicted molar refractivity (Wildman–Crippen MR) is 122 cm³/mol. The van der Waals surface area contributed by atoms with Crippen LogP contribution in [0.15, 0.2) is 93.2 Å². The molecule has 5 rings (SSSR count). The van der Waals surface area contributed by atoms with Gasteiger partial charge in [-0.1, -0.05) is 59.8 Å². The Balaban J connectivity index is 1.53. The first-order chi connectivity index (χ1) is 15.2. The lowest BCUT2D eigenvalue weighted by molar-refractivity contribution is 0.528. The Morgan fingerprint density at radius 3 is 2.58 bits per heavy atom. The van der Waals surface area contributed by atoms with E-state index in [1.807, 2.05) is 54.6 Å². The lowest BCUT2D eigenvalue weighted by atomic mass is 10.2. The van der Waals surface area contributed by atoms with Crippen LogP contribution >= 0.6 is 23.4 Å². The first kappa shape index (κ1) is 19.5. The van der Waals surface area contributed by atoms with Crippen molar-refractivity contribution in [2.45, 2.75) is 10.9 Å². The van der Waals surface area contributed by atoms with Crippen LogP contribution in [0, 0.1) is 0 Å². The highest BCUT2D eigenvalue weighted by Gasteiger charge is 2.16. The number of halogens is 1. The van der Waals surface area contributed by atoms with Crippen LogP contribution in [0.4, 0.5) is 0 Å². The molecule has 2 heterocycles. The van der Waals surface area contributed by atoms with E-state index in [1.54, 1.807) is 28.8 Å². The van der Waals surface area contributed by atoms with Gasteiger partial charge >= 0.3 is 0 Å². The second-order valence-electron chi connectivity index (χ2n) is 6.69. The van der Waals surface area contributed by atoms with Gasteiger partial charge in [-0.2, -0.15) is 0 Å². The normalized spacial score (nSPS) is 11.1. The SMILES string of the molecule is O=c1c2ccccc2nc(SCc2nnc(-c3ccccc3)o2)n1-c1cccc(Cl)c1. The average molecular weight is 447 g/mol. The second kappa shape index (κ2) is 8.37. The summed E-state index contributed by atoms with van der Waals surface area (Å²) in [5.41, 5.74) is 1.97. The fourth-order valence-corrected chi connectivity index (χ4v) is 4.22. The summed E-state index contributed by atoms with van der Waals surface area (Å²) in [5.74, 6) is 1.27. The summed E-state index contributed by atoms with van der Waals surface area (Å²) in [6.45, 7) is 0. The molecule has 0 bridgehead atoms. The van der Waals surface area contributed by atoms with Gasteiger partial charge in [-0.3, -0.25) is 9.36 Å². The minimum absolute atomic E-state index is 0.161. The van der Waals surface area contributed by atoms with E-state index in [-0.39, 0.29) is 5.56 Å². The minimum atomic E-state index is -0.161. The Kier molecular flexibility index (Phi) is 5.28. The molecule has 152 valence electrons. The molecule has 0 saturated carbocycles. The minimum Gasteiger partial charge on any atom is -0.420 e. The standard InChI is InChI=1S/C23H15ClN4O2S/c24-16-9-6-10-17(13-16)28-22(29)18-11-4-5-12-19(18)25-23(28)31-14-20-26-27-21(30-20)15-7-2-1-3-8-15/h1-13H,14H2. The summed E-state index contributed by atoms with van der Waals surface area (Å²) in [5, 5.41) is 9.85. The van der Waals surface area contributed by atoms with Gasteiger partial charge in [-0.15, -0.1) is 10.2 Å². The Morgan fingerprint density at radius 2 is 1.74 bits per heavy atom. The highest BCUT2D eigenvalue weighted by Crippen LogP contribution is 2.26. The van der Waals surface area contributed by atoms with Crippen LogP contribution in [0.2, 0.25) is 5.02 Å². The summed E-state index contributed by atoms with van der Waals surface area (Å²) in [4.78, 5) is 18.0. The predicted octanol–water partition coefficient (Wildman–Crippen LogP) is 5.38. The van der Waals surface area contributed by atoms with Crippen LogP contribution in [0.3, 0.4) is 0 Å². The van der Waals surface area contributed by atoms with Crippen LogP contribution in [-0.2, 0) is 5.75 Å². The van der Waals surface area contributed by atoms with Crippen LogP contribution in [-0.4, -0.2) is 19.7 Å². The van der Waals surface area contributed by atoms with Crippen LogP contribution in [0.5, 0.6) is 0 Å². The van der Waals surface area contributed by atoms with Crippen molar-refractivity contribution in [1.82, 2.24) is 19.7 Å². The molecule has 0 spiro atoms. The number of hydrogen-bond acceptors (Lipinski definition) is 6. The summed E-state index contributed by atoms with van der Waals surface area (Å²) in [7, 11) is 0. The monoisotopic (exact) mass is 446 g/mol. The highest BCUT2D eigenvalue weighted by atomic mass is 35.5. The number of thioether (sulfide) groups is 1. The van der Waals surface area contributed by atoms with Gasteiger partial charge in [0.25, 0.3) is 5.56 Å². The summed E-state index contributed by atoms with van der Waals surface area (Å²) >= 11 is 7.53. The topological polar surface area (TPSA) is 73.8 Å². The van der Waals surface area contributed by atoms with E-state index >= 15 is 0 Å². The smallest absolute Gasteiger partial charge is 0.266 e. The molecule has 8 heteroatoms. The van der Waals surface area contributed by atoms with Gasteiger partial charge in [0.2, 0.25) is 11.8 Å². The van der Waals surface area contributed by atoms with E-state index in [4.69, 9.17) is 21.0 Å². The van der Waals surface area contributed by atoms with Crippen molar-refractivity contribution in [3.63, 3.8) is 0 Å². The molecule has 2 aromatic heterocycles. The summed E-state index contributed by atoms with van der Waals surface area (Å²) in [6, 6.07) is 24.0. The number of para-hydroxylation sites is 1. The molecule has 0 aliphatic carbocycles. The highest BCUT2D eigenvalue weighted by molar-refractivity contribution is 7.98. The number of benzene rings is 3. The van der Waals surface area contributed by atoms with E-state index in [1.165, 1.54) is 11.8 Å². The number of hydrogen-bond donors (Lipinski definition) is 0. The molecule has 0 unspecified atom stereocenters. The van der Waals surface area contributed by atoms with Crippen molar-refractivity contribution >= 4 is 34.3 Å². The average Bonchev–Trinajstić information content (AvgIpc) is 3.27. The zero-order chi connectivity index (χ0) is 21.2. The zero-order valence-electron chi connectivity index (χ0n) is 16.1. The molecule has 6 nitrogen and oxygen atoms in total. The largest absolute Gasteiger partial charge is 0.420 e. The van der Waals surface area contributed by atoms with Gasteiger partial charge in [0.05, 0.1) is 22.3 Å². The van der Waals surface area contributed by atoms with Crippen molar-refractivity contribution in [1.29, 1.82) is 0 Å². The van der Waals surface area contributed by atoms with Crippen molar-refractivity contribution in [2.75, 3.05) is 0 Å². The fourth-order valence-electron chi connectivity index (χ4n) is 3.19. The van der Waals surface area contributed by atoms with Gasteiger partial charge in [0.1, 0.15) is 0 Å². The Labute approximate surface area is 186 Å². The Morgan fingerprint density at radius 1 is 0.935 bits per heavy atom. The maximum atomic E-state index is 13.3. The van der Waals surface area contributed by atoms with E-state index in [9.17, 15) is 4.79 Å². The van der Waals surface area contributed by atoms with Crippen molar-refractivity contribution in [2.24, 2.45) is 0 Å². The van der Waals surface area contributed by atoms with E-state index in [0.717, 1.165) is 5.56 Å². The summed E-state index contributed by atoms with van der Waals surface area (Å²) in [6.07, 6.45) is 0. The number of rotatable bonds is 5. The quantitative estimate of drug-likeness (QED) is 0.266. The Bertz CT molecular complexity index is 1430. The molecular weight excluding hydrogens is 432 g/mol. The molecule has 0 N–H and O–H groups in total. The van der Waals surface area contributed by atoms with Crippen molar-refractivity contribution in [3.05, 3.63) is 100 Å². The van der Waals surface area contributed by atoms with Crippen LogP contribution in [0.1, 0.15) is 5.89 Å². The molecule has 0 aliphatic rings. The molecule has 31 heavy (non-hydrogen) atoms. The maximum absolute atomic E-state index is 13.3. The first-order valence-electron chi connectivity index (χ1n) is 9.47. The lowest BCUT2D eigenvalue weighted by Gasteiger charge is -2.13. The van der Waals surface area contributed by atoms with Crippen molar-refractivity contribution < 1.29 is 4.42 Å². The van der Waals surface area contributed by atoms with E-state index in [0.29, 0.717) is 44.3 Å². The molecule has 0 radical (unpaired) electrons. The second-order valence-corrected chi connectivity index (χ2v) is 8.07. The fraction of sp³-hybridized carbons (Fsp3) is 0.0435. The van der Waals surface area contributed by atoms with E-state index in [2.05, 4.69) is 10.2 Å². The van der Waals surface area contributed by atoms with Gasteiger partial charge in [0, 0.05) is 10.6 Å². The zero-order valence-corrected chi connectivity index (χ0v) is 17.7. The van der Waals surface area contributed by atoms with Crippen LogP contribution in [0.25, 0.3) is 28.0 Å². The molecule has 0 atom stereocenters. The van der Waals surface area contributed by atoms with Crippen LogP contribution < -0.4 is 5.56 Å². The molecule has 3 aromatic carbocycles. The van der Waals surface area contributed by atoms with Gasteiger partial charge in [-0.05, 0) is 42.5 Å². The number of aromatic nitrogens is 4. The van der Waals surface area contributed by atoms with Gasteiger partial charge in [0.15, 0.2) is 5.16 Å². The maximum Gasteiger partial charge on any atom is 0.266 e. The lowest BCUT2D eigenvalue weighted by Crippen LogP contribution is -2.21. The molecule has 0 saturated heterocycles. The molecule has 0 aliphatic heterocycles. The van der Waals surface area contributed by atoms with E-state index < -0.39 is 0 Å². The molecular formula is C23H15ClN4O2S. The molecule has 0 fully saturated rings. The van der Waals surface area contributed by atoms with Gasteiger partial charge in [-0.25, -0.2) is 4.98 Å². The third kappa shape index (κ3) is 3.97. The third-order valence-electron chi connectivity index (χ3n) is 4.62. The Hall–Kier alpha value is -3.42. The summed E-state index contributed by atoms with van der Waals surface area (Å²) < 4.78 is 7.36. The first-order valence-corrected chi connectivity index (χ1v) is 10.8.